The summed E-state index contributed by atoms with van der Waals surface area (Å²) in [6, 6.07) is 5.14. The van der Waals surface area contributed by atoms with Gasteiger partial charge in [-0.25, -0.2) is 0 Å². The van der Waals surface area contributed by atoms with Crippen LogP contribution in [0, 0.1) is 0 Å². The summed E-state index contributed by atoms with van der Waals surface area (Å²) in [7, 11) is 0. The molecule has 2 rings (SSSR count). The molecule has 0 unspecified atom stereocenters. The largest absolute Gasteiger partial charge is 0.398 e. The molecule has 5 heteroatoms. The zero-order chi connectivity index (χ0) is 13.8. The number of nitrogens with two attached hydrogens (primary N) is 1. The number of amides is 1. The van der Waals surface area contributed by atoms with Crippen molar-refractivity contribution in [3.05, 3.63) is 23.8 Å². The molecule has 1 fully saturated rings. The minimum atomic E-state index is -0.0582. The zero-order valence-corrected chi connectivity index (χ0v) is 11.1. The lowest BCUT2D eigenvalue weighted by Crippen LogP contribution is -2.32. The van der Waals surface area contributed by atoms with Crippen LogP contribution in [0.25, 0.3) is 0 Å². The highest BCUT2D eigenvalue weighted by Gasteiger charge is 2.17. The van der Waals surface area contributed by atoms with Crippen molar-refractivity contribution >= 4 is 23.1 Å². The second-order valence-corrected chi connectivity index (χ2v) is 4.80. The van der Waals surface area contributed by atoms with Gasteiger partial charge in [-0.15, -0.1) is 0 Å². The van der Waals surface area contributed by atoms with Gasteiger partial charge in [0.15, 0.2) is 5.78 Å². The number of carbonyl (C=O) groups is 2. The predicted molar refractivity (Wildman–Crippen MR) is 75.2 cm³/mol. The van der Waals surface area contributed by atoms with Crippen LogP contribution < -0.4 is 11.1 Å². The van der Waals surface area contributed by atoms with Crippen molar-refractivity contribution in [2.75, 3.05) is 30.7 Å². The summed E-state index contributed by atoms with van der Waals surface area (Å²) in [5.41, 5.74) is 7.50. The van der Waals surface area contributed by atoms with Crippen molar-refractivity contribution in [3.63, 3.8) is 0 Å². The molecule has 3 N–H and O–H groups in total. The van der Waals surface area contributed by atoms with Crippen LogP contribution in [0.3, 0.4) is 0 Å². The van der Waals surface area contributed by atoms with E-state index in [-0.39, 0.29) is 18.2 Å². The molecule has 1 aromatic carbocycles. The number of anilines is 2. The van der Waals surface area contributed by atoms with E-state index in [0.29, 0.717) is 11.3 Å². The van der Waals surface area contributed by atoms with Crippen molar-refractivity contribution < 1.29 is 9.59 Å². The predicted octanol–water partition coefficient (Wildman–Crippen LogP) is 1.51. The van der Waals surface area contributed by atoms with E-state index in [2.05, 4.69) is 5.32 Å². The number of nitrogens with one attached hydrogen (secondary N) is 1. The number of likely N-dealkylation sites (tertiary alicyclic amines) is 1. The Morgan fingerprint density at radius 3 is 2.58 bits per heavy atom. The number of ketones is 1. The molecular formula is C14H19N3O2. The molecule has 0 spiro atoms. The molecule has 102 valence electrons. The summed E-state index contributed by atoms with van der Waals surface area (Å²) in [6.45, 7) is 3.45. The third-order valence-corrected chi connectivity index (χ3v) is 3.33. The van der Waals surface area contributed by atoms with Gasteiger partial charge in [-0.2, -0.15) is 0 Å². The fourth-order valence-corrected chi connectivity index (χ4v) is 2.25. The molecule has 0 bridgehead atoms. The highest BCUT2D eigenvalue weighted by molar-refractivity contribution is 5.99. The molecule has 1 aliphatic rings. The first-order valence-electron chi connectivity index (χ1n) is 6.50. The normalized spacial score (nSPS) is 14.5. The van der Waals surface area contributed by atoms with Crippen LogP contribution >= 0.6 is 0 Å². The summed E-state index contributed by atoms with van der Waals surface area (Å²) in [4.78, 5) is 25.0. The zero-order valence-electron chi connectivity index (χ0n) is 11.1. The monoisotopic (exact) mass is 261 g/mol. The van der Waals surface area contributed by atoms with Crippen molar-refractivity contribution in [1.82, 2.24) is 4.90 Å². The summed E-state index contributed by atoms with van der Waals surface area (Å²) in [6.07, 6.45) is 2.18. The SMILES string of the molecule is CC(=O)c1ccc(NCC(=O)N2CCCC2)cc1N. The molecule has 0 aromatic heterocycles. The molecule has 1 aliphatic heterocycles. The van der Waals surface area contributed by atoms with Gasteiger partial charge in [0.1, 0.15) is 0 Å². The maximum Gasteiger partial charge on any atom is 0.241 e. The van der Waals surface area contributed by atoms with Crippen LogP contribution in [-0.2, 0) is 4.79 Å². The van der Waals surface area contributed by atoms with E-state index in [9.17, 15) is 9.59 Å². The van der Waals surface area contributed by atoms with Crippen molar-refractivity contribution in [2.24, 2.45) is 0 Å². The number of hydrogen-bond acceptors (Lipinski definition) is 4. The number of carbonyl (C=O) groups excluding carboxylic acids is 2. The molecule has 0 atom stereocenters. The van der Waals surface area contributed by atoms with E-state index >= 15 is 0 Å². The van der Waals surface area contributed by atoms with E-state index in [4.69, 9.17) is 5.73 Å². The van der Waals surface area contributed by atoms with Gasteiger partial charge in [0, 0.05) is 30.0 Å². The highest BCUT2D eigenvalue weighted by atomic mass is 16.2. The summed E-state index contributed by atoms with van der Waals surface area (Å²) in [5.74, 6) is 0.0453. The first-order chi connectivity index (χ1) is 9.08. The quantitative estimate of drug-likeness (QED) is 0.636. The van der Waals surface area contributed by atoms with E-state index < -0.39 is 0 Å². The van der Waals surface area contributed by atoms with E-state index in [0.717, 1.165) is 31.6 Å². The first-order valence-corrected chi connectivity index (χ1v) is 6.50. The topological polar surface area (TPSA) is 75.4 Å². The third kappa shape index (κ3) is 3.24. The molecule has 19 heavy (non-hydrogen) atoms. The molecule has 1 saturated heterocycles. The van der Waals surface area contributed by atoms with Crippen LogP contribution in [0.1, 0.15) is 30.1 Å². The Kier molecular flexibility index (Phi) is 4.04. The summed E-state index contributed by atoms with van der Waals surface area (Å²) < 4.78 is 0. The average Bonchev–Trinajstić information content (AvgIpc) is 2.89. The average molecular weight is 261 g/mol. The Morgan fingerprint density at radius 2 is 2.00 bits per heavy atom. The lowest BCUT2D eigenvalue weighted by atomic mass is 10.1. The van der Waals surface area contributed by atoms with Crippen LogP contribution in [-0.4, -0.2) is 36.2 Å². The molecule has 0 aliphatic carbocycles. The summed E-state index contributed by atoms with van der Waals surface area (Å²) in [5, 5.41) is 3.05. The first kappa shape index (κ1) is 13.4. The Morgan fingerprint density at radius 1 is 1.32 bits per heavy atom. The lowest BCUT2D eigenvalue weighted by Gasteiger charge is -2.16. The van der Waals surface area contributed by atoms with Crippen LogP contribution in [0.2, 0.25) is 0 Å². The minimum absolute atomic E-state index is 0.0582. The number of Topliss-reactive ketones (excluding diaryl/α,β-unsaturated/α-hetero) is 1. The number of benzene rings is 1. The molecule has 5 nitrogen and oxygen atoms in total. The Bertz CT molecular complexity index is 493. The van der Waals surface area contributed by atoms with Gasteiger partial charge in [0.25, 0.3) is 0 Å². The van der Waals surface area contributed by atoms with Gasteiger partial charge in [-0.3, -0.25) is 9.59 Å². The summed E-state index contributed by atoms with van der Waals surface area (Å²) >= 11 is 0. The van der Waals surface area contributed by atoms with E-state index in [1.165, 1.54) is 6.92 Å². The second kappa shape index (κ2) is 5.73. The Balaban J connectivity index is 1.94. The van der Waals surface area contributed by atoms with Crippen LogP contribution in [0.4, 0.5) is 11.4 Å². The fraction of sp³-hybridized carbons (Fsp3) is 0.429. The molecule has 0 radical (unpaired) electrons. The Hall–Kier alpha value is -2.04. The smallest absolute Gasteiger partial charge is 0.241 e. The van der Waals surface area contributed by atoms with Gasteiger partial charge < -0.3 is 16.0 Å². The molecule has 0 saturated carbocycles. The van der Waals surface area contributed by atoms with Crippen LogP contribution in [0.5, 0.6) is 0 Å². The number of nitrogens with zero attached hydrogens (tertiary/aromatic N) is 1. The van der Waals surface area contributed by atoms with E-state index in [1.807, 2.05) is 4.90 Å². The maximum absolute atomic E-state index is 11.9. The molecular weight excluding hydrogens is 242 g/mol. The standard InChI is InChI=1S/C14H19N3O2/c1-10(18)12-5-4-11(8-13(12)15)16-9-14(19)17-6-2-3-7-17/h4-5,8,16H,2-3,6-7,9,15H2,1H3. The lowest BCUT2D eigenvalue weighted by molar-refractivity contribution is -0.128. The van der Waals surface area contributed by atoms with Crippen molar-refractivity contribution in [2.45, 2.75) is 19.8 Å². The van der Waals surface area contributed by atoms with Crippen molar-refractivity contribution in [3.8, 4) is 0 Å². The fourth-order valence-electron chi connectivity index (χ4n) is 2.25. The highest BCUT2D eigenvalue weighted by Crippen LogP contribution is 2.18. The Labute approximate surface area is 112 Å². The number of rotatable bonds is 4. The van der Waals surface area contributed by atoms with Gasteiger partial charge in [-0.1, -0.05) is 0 Å². The molecule has 1 amide bonds. The third-order valence-electron chi connectivity index (χ3n) is 3.33. The number of nitrogen functional groups attached to an aromatic ring is 1. The van der Waals surface area contributed by atoms with E-state index in [1.54, 1.807) is 18.2 Å². The maximum atomic E-state index is 11.9. The molecule has 1 heterocycles. The van der Waals surface area contributed by atoms with Gasteiger partial charge in [0.05, 0.1) is 6.54 Å². The van der Waals surface area contributed by atoms with Gasteiger partial charge in [0.2, 0.25) is 5.91 Å². The van der Waals surface area contributed by atoms with Gasteiger partial charge >= 0.3 is 0 Å². The minimum Gasteiger partial charge on any atom is -0.398 e. The molecule has 1 aromatic rings. The van der Waals surface area contributed by atoms with Gasteiger partial charge in [-0.05, 0) is 38.0 Å². The second-order valence-electron chi connectivity index (χ2n) is 4.80. The van der Waals surface area contributed by atoms with Crippen LogP contribution in [0.15, 0.2) is 18.2 Å². The number of hydrogen-bond donors (Lipinski definition) is 2. The van der Waals surface area contributed by atoms with Crippen molar-refractivity contribution in [1.29, 1.82) is 0 Å².